The van der Waals surface area contributed by atoms with Crippen LogP contribution in [0.2, 0.25) is 0 Å². The Morgan fingerprint density at radius 2 is 2.15 bits per heavy atom. The van der Waals surface area contributed by atoms with E-state index >= 15 is 0 Å². The molecule has 0 aliphatic heterocycles. The van der Waals surface area contributed by atoms with E-state index in [0.29, 0.717) is 18.5 Å². The van der Waals surface area contributed by atoms with E-state index in [1.165, 1.54) is 12.0 Å². The SMILES string of the molecule is C#CCN[C@@H]1C[C@H]1c1ccccc1. The van der Waals surface area contributed by atoms with Crippen LogP contribution in [0.3, 0.4) is 0 Å². The predicted molar refractivity (Wildman–Crippen MR) is 54.4 cm³/mol. The fraction of sp³-hybridized carbons (Fsp3) is 0.333. The predicted octanol–water partition coefficient (Wildman–Crippen LogP) is 1.77. The first-order chi connectivity index (χ1) is 6.42. The summed E-state index contributed by atoms with van der Waals surface area (Å²) in [4.78, 5) is 0. The van der Waals surface area contributed by atoms with Crippen LogP contribution in [0.4, 0.5) is 0 Å². The Bertz CT molecular complexity index is 310. The van der Waals surface area contributed by atoms with Gasteiger partial charge in [0.2, 0.25) is 0 Å². The van der Waals surface area contributed by atoms with Gasteiger partial charge in [0.1, 0.15) is 0 Å². The second kappa shape index (κ2) is 3.64. The maximum absolute atomic E-state index is 5.18. The van der Waals surface area contributed by atoms with Crippen LogP contribution in [-0.4, -0.2) is 12.6 Å². The van der Waals surface area contributed by atoms with Gasteiger partial charge < -0.3 is 5.32 Å². The van der Waals surface area contributed by atoms with Gasteiger partial charge in [0.25, 0.3) is 0 Å². The summed E-state index contributed by atoms with van der Waals surface area (Å²) in [7, 11) is 0. The Morgan fingerprint density at radius 3 is 2.85 bits per heavy atom. The molecule has 1 aliphatic rings. The summed E-state index contributed by atoms with van der Waals surface area (Å²) in [6, 6.07) is 11.2. The zero-order chi connectivity index (χ0) is 9.10. The van der Waals surface area contributed by atoms with E-state index in [0.717, 1.165) is 0 Å². The van der Waals surface area contributed by atoms with Crippen LogP contribution in [0.5, 0.6) is 0 Å². The molecule has 0 aromatic heterocycles. The molecule has 0 spiro atoms. The number of nitrogens with one attached hydrogen (secondary N) is 1. The molecule has 1 saturated carbocycles. The van der Waals surface area contributed by atoms with Gasteiger partial charge in [-0.25, -0.2) is 0 Å². The first kappa shape index (κ1) is 8.34. The molecule has 0 amide bonds. The van der Waals surface area contributed by atoms with Crippen molar-refractivity contribution in [2.24, 2.45) is 0 Å². The summed E-state index contributed by atoms with van der Waals surface area (Å²) < 4.78 is 0. The topological polar surface area (TPSA) is 12.0 Å². The van der Waals surface area contributed by atoms with Gasteiger partial charge >= 0.3 is 0 Å². The molecule has 13 heavy (non-hydrogen) atoms. The van der Waals surface area contributed by atoms with Crippen LogP contribution in [0.15, 0.2) is 30.3 Å². The molecule has 66 valence electrons. The van der Waals surface area contributed by atoms with E-state index in [9.17, 15) is 0 Å². The molecule has 1 N–H and O–H groups in total. The van der Waals surface area contributed by atoms with E-state index in [-0.39, 0.29) is 0 Å². The van der Waals surface area contributed by atoms with Crippen molar-refractivity contribution in [3.8, 4) is 12.3 Å². The average Bonchev–Trinajstić information content (AvgIpc) is 2.95. The summed E-state index contributed by atoms with van der Waals surface area (Å²) in [5, 5.41) is 3.32. The molecule has 1 heteroatoms. The van der Waals surface area contributed by atoms with E-state index in [2.05, 4.69) is 41.6 Å². The molecule has 1 nitrogen and oxygen atoms in total. The Kier molecular flexibility index (Phi) is 2.33. The van der Waals surface area contributed by atoms with Gasteiger partial charge in [0.05, 0.1) is 6.54 Å². The molecule has 2 rings (SSSR count). The van der Waals surface area contributed by atoms with E-state index < -0.39 is 0 Å². The molecule has 1 fully saturated rings. The van der Waals surface area contributed by atoms with Crippen LogP contribution in [0, 0.1) is 12.3 Å². The molecule has 1 aromatic carbocycles. The van der Waals surface area contributed by atoms with Gasteiger partial charge in [-0.3, -0.25) is 0 Å². The lowest BCUT2D eigenvalue weighted by atomic mass is 10.1. The van der Waals surface area contributed by atoms with E-state index in [1.807, 2.05) is 0 Å². The van der Waals surface area contributed by atoms with Crippen LogP contribution in [0.1, 0.15) is 17.9 Å². The lowest BCUT2D eigenvalue weighted by molar-refractivity contribution is 0.742. The minimum absolute atomic E-state index is 0.610. The minimum atomic E-state index is 0.610. The van der Waals surface area contributed by atoms with Crippen LogP contribution in [-0.2, 0) is 0 Å². The van der Waals surface area contributed by atoms with E-state index in [4.69, 9.17) is 6.42 Å². The van der Waals surface area contributed by atoms with E-state index in [1.54, 1.807) is 0 Å². The van der Waals surface area contributed by atoms with Crippen molar-refractivity contribution in [1.82, 2.24) is 5.32 Å². The molecular weight excluding hydrogens is 158 g/mol. The fourth-order valence-corrected chi connectivity index (χ4v) is 1.68. The molecule has 2 atom stereocenters. The van der Waals surface area contributed by atoms with Gasteiger partial charge in [-0.15, -0.1) is 6.42 Å². The number of benzene rings is 1. The third kappa shape index (κ3) is 1.91. The Morgan fingerprint density at radius 1 is 1.38 bits per heavy atom. The molecule has 0 bridgehead atoms. The zero-order valence-corrected chi connectivity index (χ0v) is 7.53. The largest absolute Gasteiger partial charge is 0.303 e. The number of rotatable bonds is 3. The second-order valence-corrected chi connectivity index (χ2v) is 3.44. The maximum Gasteiger partial charge on any atom is 0.0576 e. The van der Waals surface area contributed by atoms with Crippen molar-refractivity contribution in [2.45, 2.75) is 18.4 Å². The Hall–Kier alpha value is -1.26. The first-order valence-electron chi connectivity index (χ1n) is 4.63. The van der Waals surface area contributed by atoms with Gasteiger partial charge in [0.15, 0.2) is 0 Å². The second-order valence-electron chi connectivity index (χ2n) is 3.44. The highest BCUT2D eigenvalue weighted by Gasteiger charge is 2.37. The Labute approximate surface area is 79.2 Å². The van der Waals surface area contributed by atoms with Crippen molar-refractivity contribution in [2.75, 3.05) is 6.54 Å². The van der Waals surface area contributed by atoms with Crippen LogP contribution in [0.25, 0.3) is 0 Å². The third-order valence-electron chi connectivity index (χ3n) is 2.48. The zero-order valence-electron chi connectivity index (χ0n) is 7.53. The fourth-order valence-electron chi connectivity index (χ4n) is 1.68. The highest BCUT2D eigenvalue weighted by atomic mass is 15.0. The summed E-state index contributed by atoms with van der Waals surface area (Å²) in [5.41, 5.74) is 1.43. The number of hydrogen-bond acceptors (Lipinski definition) is 1. The molecule has 1 aliphatic carbocycles. The quantitative estimate of drug-likeness (QED) is 0.683. The average molecular weight is 171 g/mol. The summed E-state index contributed by atoms with van der Waals surface area (Å²) in [6.07, 6.45) is 6.40. The molecule has 0 heterocycles. The standard InChI is InChI=1S/C12H13N/c1-2-8-13-12-9-11(12)10-6-4-3-5-7-10/h1,3-7,11-13H,8-9H2/t11-,12+/m0/s1. The number of terminal acetylenes is 1. The van der Waals surface area contributed by atoms with Gasteiger partial charge in [0, 0.05) is 12.0 Å². The normalized spacial score (nSPS) is 25.2. The van der Waals surface area contributed by atoms with Crippen LogP contribution < -0.4 is 5.32 Å². The molecule has 1 aromatic rings. The monoisotopic (exact) mass is 171 g/mol. The molecular formula is C12H13N. The van der Waals surface area contributed by atoms with Crippen molar-refractivity contribution in [3.05, 3.63) is 35.9 Å². The first-order valence-corrected chi connectivity index (χ1v) is 4.63. The van der Waals surface area contributed by atoms with Gasteiger partial charge in [-0.1, -0.05) is 36.3 Å². The van der Waals surface area contributed by atoms with Crippen molar-refractivity contribution < 1.29 is 0 Å². The van der Waals surface area contributed by atoms with Crippen LogP contribution >= 0.6 is 0 Å². The molecule has 0 saturated heterocycles. The van der Waals surface area contributed by atoms with Crippen molar-refractivity contribution >= 4 is 0 Å². The highest BCUT2D eigenvalue weighted by Crippen LogP contribution is 2.40. The van der Waals surface area contributed by atoms with Gasteiger partial charge in [-0.2, -0.15) is 0 Å². The maximum atomic E-state index is 5.18. The third-order valence-corrected chi connectivity index (χ3v) is 2.48. The summed E-state index contributed by atoms with van der Waals surface area (Å²) >= 11 is 0. The minimum Gasteiger partial charge on any atom is -0.303 e. The summed E-state index contributed by atoms with van der Waals surface area (Å²) in [6.45, 7) is 0.688. The Balaban J connectivity index is 1.90. The highest BCUT2D eigenvalue weighted by molar-refractivity contribution is 5.27. The van der Waals surface area contributed by atoms with Gasteiger partial charge in [-0.05, 0) is 12.0 Å². The van der Waals surface area contributed by atoms with Crippen molar-refractivity contribution in [3.63, 3.8) is 0 Å². The lowest BCUT2D eigenvalue weighted by Crippen LogP contribution is -2.17. The summed E-state index contributed by atoms with van der Waals surface area (Å²) in [5.74, 6) is 3.29. The smallest absolute Gasteiger partial charge is 0.0576 e. The number of hydrogen-bond donors (Lipinski definition) is 1. The molecule has 0 unspecified atom stereocenters. The molecule has 0 radical (unpaired) electrons. The van der Waals surface area contributed by atoms with Crippen molar-refractivity contribution in [1.29, 1.82) is 0 Å². The lowest BCUT2D eigenvalue weighted by Gasteiger charge is -1.99.